The second-order valence-electron chi connectivity index (χ2n) is 2.74. The Bertz CT molecular complexity index is 137. The molecule has 0 aliphatic carbocycles. The van der Waals surface area contributed by atoms with Gasteiger partial charge in [0.15, 0.2) is 0 Å². The largest absolute Gasteiger partial charge is 0.329 e. The lowest BCUT2D eigenvalue weighted by Gasteiger charge is -2.21. The van der Waals surface area contributed by atoms with Crippen molar-refractivity contribution in [2.45, 2.75) is 18.5 Å². The lowest BCUT2D eigenvalue weighted by molar-refractivity contribution is 0.322. The summed E-state index contributed by atoms with van der Waals surface area (Å²) in [6.07, 6.45) is 3.07. The molecular formula is C6H9N2O. The highest BCUT2D eigenvalue weighted by Crippen LogP contribution is 2.20. The molecule has 1 radical (unpaired) electrons. The van der Waals surface area contributed by atoms with Crippen molar-refractivity contribution < 1.29 is 4.79 Å². The first-order valence-electron chi connectivity index (χ1n) is 3.28. The number of nitrogens with zero attached hydrogens (tertiary/aromatic N) is 1. The number of hydrogen-bond acceptors (Lipinski definition) is 2. The van der Waals surface area contributed by atoms with Crippen LogP contribution in [0.1, 0.15) is 6.42 Å². The molecule has 0 aromatic heterocycles. The second-order valence-corrected chi connectivity index (χ2v) is 2.74. The molecule has 49 valence electrons. The third-order valence-corrected chi connectivity index (χ3v) is 2.17. The SMILES string of the molecule is O=[C]N1C[C@@H]2C[C@H]1CN2. The highest BCUT2D eigenvalue weighted by atomic mass is 16.1. The van der Waals surface area contributed by atoms with Crippen molar-refractivity contribution in [3.05, 3.63) is 0 Å². The lowest BCUT2D eigenvalue weighted by Crippen LogP contribution is -2.42. The Labute approximate surface area is 54.0 Å². The van der Waals surface area contributed by atoms with E-state index >= 15 is 0 Å². The third kappa shape index (κ3) is 0.645. The van der Waals surface area contributed by atoms with E-state index in [2.05, 4.69) is 5.32 Å². The van der Waals surface area contributed by atoms with Crippen molar-refractivity contribution >= 4 is 6.41 Å². The van der Waals surface area contributed by atoms with E-state index in [9.17, 15) is 4.79 Å². The van der Waals surface area contributed by atoms with Crippen LogP contribution in [0.2, 0.25) is 0 Å². The lowest BCUT2D eigenvalue weighted by atomic mass is 10.2. The zero-order valence-electron chi connectivity index (χ0n) is 5.13. The van der Waals surface area contributed by atoms with Crippen LogP contribution < -0.4 is 5.32 Å². The summed E-state index contributed by atoms with van der Waals surface area (Å²) in [4.78, 5) is 11.9. The van der Waals surface area contributed by atoms with E-state index in [4.69, 9.17) is 0 Å². The molecule has 2 atom stereocenters. The first kappa shape index (κ1) is 5.23. The predicted octanol–water partition coefficient (Wildman–Crippen LogP) is -0.900. The summed E-state index contributed by atoms with van der Waals surface area (Å²) in [6.45, 7) is 1.84. The van der Waals surface area contributed by atoms with Gasteiger partial charge in [-0.25, -0.2) is 0 Å². The summed E-state index contributed by atoms with van der Waals surface area (Å²) in [5, 5.41) is 3.30. The van der Waals surface area contributed by atoms with Crippen molar-refractivity contribution in [1.82, 2.24) is 10.2 Å². The average Bonchev–Trinajstić information content (AvgIpc) is 2.45. The van der Waals surface area contributed by atoms with Gasteiger partial charge in [0, 0.05) is 25.2 Å². The minimum Gasteiger partial charge on any atom is -0.329 e. The molecule has 1 amide bonds. The van der Waals surface area contributed by atoms with Crippen LogP contribution in [0.4, 0.5) is 0 Å². The fourth-order valence-electron chi connectivity index (χ4n) is 1.67. The van der Waals surface area contributed by atoms with Gasteiger partial charge < -0.3 is 10.2 Å². The van der Waals surface area contributed by atoms with E-state index in [-0.39, 0.29) is 0 Å². The molecule has 9 heavy (non-hydrogen) atoms. The van der Waals surface area contributed by atoms with Crippen molar-refractivity contribution in [3.8, 4) is 0 Å². The molecule has 3 nitrogen and oxygen atoms in total. The Morgan fingerprint density at radius 1 is 1.67 bits per heavy atom. The molecule has 2 aliphatic rings. The molecule has 0 unspecified atom stereocenters. The standard InChI is InChI=1S/C6H9N2O/c9-4-8-3-5-1-6(8)2-7-5/h5-7H,1-3H2/t5-,6-/m0/s1. The highest BCUT2D eigenvalue weighted by molar-refractivity contribution is 5.50. The topological polar surface area (TPSA) is 32.3 Å². The summed E-state index contributed by atoms with van der Waals surface area (Å²) in [5.41, 5.74) is 0. The number of fused-ring (bicyclic) bond motifs is 2. The molecule has 2 rings (SSSR count). The summed E-state index contributed by atoms with van der Waals surface area (Å²) < 4.78 is 0. The molecule has 2 heterocycles. The Balaban J connectivity index is 2.09. The van der Waals surface area contributed by atoms with Crippen molar-refractivity contribution in [2.24, 2.45) is 0 Å². The number of likely N-dealkylation sites (tertiary alicyclic amines) is 1. The van der Waals surface area contributed by atoms with E-state index in [1.807, 2.05) is 6.41 Å². The van der Waals surface area contributed by atoms with Crippen LogP contribution in [0.15, 0.2) is 0 Å². The van der Waals surface area contributed by atoms with Crippen molar-refractivity contribution in [2.75, 3.05) is 13.1 Å². The number of carbonyl (C=O) groups excluding carboxylic acids is 1. The first-order valence-corrected chi connectivity index (χ1v) is 3.28. The molecule has 0 spiro atoms. The minimum absolute atomic E-state index is 0.451. The predicted molar refractivity (Wildman–Crippen MR) is 32.6 cm³/mol. The van der Waals surface area contributed by atoms with Crippen molar-refractivity contribution in [3.63, 3.8) is 0 Å². The second kappa shape index (κ2) is 1.70. The number of hydrogen-bond donors (Lipinski definition) is 1. The number of amides is 1. The fourth-order valence-corrected chi connectivity index (χ4v) is 1.67. The van der Waals surface area contributed by atoms with Crippen LogP contribution in [0.3, 0.4) is 0 Å². The Morgan fingerprint density at radius 3 is 2.89 bits per heavy atom. The quantitative estimate of drug-likeness (QED) is 0.492. The molecule has 2 fully saturated rings. The maximum Gasteiger partial charge on any atom is 0.312 e. The number of nitrogens with one attached hydrogen (secondary N) is 1. The van der Waals surface area contributed by atoms with Gasteiger partial charge in [0.05, 0.1) is 0 Å². The van der Waals surface area contributed by atoms with Gasteiger partial charge in [-0.15, -0.1) is 0 Å². The van der Waals surface area contributed by atoms with Crippen LogP contribution in [0, 0.1) is 0 Å². The molecule has 2 bridgehead atoms. The first-order chi connectivity index (χ1) is 4.40. The van der Waals surface area contributed by atoms with E-state index in [0.29, 0.717) is 12.1 Å². The van der Waals surface area contributed by atoms with Gasteiger partial charge in [-0.2, -0.15) is 0 Å². The average molecular weight is 125 g/mol. The highest BCUT2D eigenvalue weighted by Gasteiger charge is 2.36. The van der Waals surface area contributed by atoms with E-state index < -0.39 is 0 Å². The molecule has 2 aliphatic heterocycles. The normalized spacial score (nSPS) is 39.8. The monoisotopic (exact) mass is 125 g/mol. The molecular weight excluding hydrogens is 116 g/mol. The van der Waals surface area contributed by atoms with E-state index in [1.54, 1.807) is 4.90 Å². The van der Waals surface area contributed by atoms with Crippen LogP contribution >= 0.6 is 0 Å². The van der Waals surface area contributed by atoms with Gasteiger partial charge >= 0.3 is 6.41 Å². The summed E-state index contributed by atoms with van der Waals surface area (Å²) in [6, 6.07) is 1.02. The maximum atomic E-state index is 10.2. The number of piperazine rings is 1. The van der Waals surface area contributed by atoms with Crippen LogP contribution in [0.25, 0.3) is 0 Å². The molecule has 2 saturated heterocycles. The summed E-state index contributed by atoms with van der Waals surface area (Å²) >= 11 is 0. The van der Waals surface area contributed by atoms with Gasteiger partial charge in [0.25, 0.3) is 0 Å². The molecule has 0 aromatic rings. The molecule has 0 aromatic carbocycles. The summed E-state index contributed by atoms with van der Waals surface area (Å²) in [7, 11) is 0. The Morgan fingerprint density at radius 2 is 2.56 bits per heavy atom. The van der Waals surface area contributed by atoms with E-state index in [1.165, 1.54) is 0 Å². The zero-order chi connectivity index (χ0) is 6.27. The van der Waals surface area contributed by atoms with Crippen LogP contribution in [-0.4, -0.2) is 36.5 Å². The van der Waals surface area contributed by atoms with Gasteiger partial charge in [-0.1, -0.05) is 0 Å². The van der Waals surface area contributed by atoms with Gasteiger partial charge in [0.2, 0.25) is 0 Å². The summed E-state index contributed by atoms with van der Waals surface area (Å²) in [5.74, 6) is 0. The van der Waals surface area contributed by atoms with Crippen LogP contribution in [0.5, 0.6) is 0 Å². The van der Waals surface area contributed by atoms with Gasteiger partial charge in [-0.05, 0) is 6.42 Å². The van der Waals surface area contributed by atoms with Crippen molar-refractivity contribution in [1.29, 1.82) is 0 Å². The Kier molecular flexibility index (Phi) is 0.990. The molecule has 0 saturated carbocycles. The molecule has 1 N–H and O–H groups in total. The fraction of sp³-hybridized carbons (Fsp3) is 0.833. The third-order valence-electron chi connectivity index (χ3n) is 2.17. The van der Waals surface area contributed by atoms with Gasteiger partial charge in [0.1, 0.15) is 0 Å². The zero-order valence-corrected chi connectivity index (χ0v) is 5.13. The van der Waals surface area contributed by atoms with E-state index in [0.717, 1.165) is 19.5 Å². The van der Waals surface area contributed by atoms with Crippen LogP contribution in [-0.2, 0) is 4.79 Å². The minimum atomic E-state index is 0.451. The number of rotatable bonds is 1. The maximum absolute atomic E-state index is 10.2. The molecule has 3 heteroatoms. The Hall–Kier alpha value is -0.570. The van der Waals surface area contributed by atoms with Gasteiger partial charge in [-0.3, -0.25) is 4.79 Å². The smallest absolute Gasteiger partial charge is 0.312 e.